The molecule has 2 rings (SSSR count). The molecule has 0 aromatic carbocycles. The molecule has 1 N–H and O–H groups in total. The Labute approximate surface area is 136 Å². The van der Waals surface area contributed by atoms with Gasteiger partial charge in [-0.05, 0) is 36.2 Å². The molecule has 0 unspecified atom stereocenters. The van der Waals surface area contributed by atoms with E-state index in [-0.39, 0.29) is 5.56 Å². The van der Waals surface area contributed by atoms with Crippen molar-refractivity contribution < 1.29 is 0 Å². The van der Waals surface area contributed by atoms with Crippen LogP contribution in [0.2, 0.25) is 0 Å². The van der Waals surface area contributed by atoms with Gasteiger partial charge >= 0.3 is 0 Å². The number of nitrogens with one attached hydrogen (secondary N) is 1. The molecule has 0 aliphatic heterocycles. The van der Waals surface area contributed by atoms with Crippen molar-refractivity contribution in [2.45, 2.75) is 51.1 Å². The maximum absolute atomic E-state index is 11.7. The van der Waals surface area contributed by atoms with Crippen molar-refractivity contribution >= 4 is 27.7 Å². The van der Waals surface area contributed by atoms with Crippen LogP contribution in [0.4, 0.5) is 0 Å². The molecule has 0 saturated carbocycles. The fraction of sp³-hybridized carbons (Fsp3) is 0.500. The van der Waals surface area contributed by atoms with Crippen molar-refractivity contribution in [2.24, 2.45) is 0 Å². The summed E-state index contributed by atoms with van der Waals surface area (Å²) in [6.07, 6.45) is 1.81. The molecule has 0 amide bonds. The number of hydrogen-bond donors (Lipinski definition) is 1. The van der Waals surface area contributed by atoms with Crippen LogP contribution >= 0.6 is 27.7 Å². The summed E-state index contributed by atoms with van der Waals surface area (Å²) < 4.78 is 3.00. The molecule has 0 radical (unpaired) electrons. The van der Waals surface area contributed by atoms with Crippen LogP contribution in [0, 0.1) is 6.92 Å². The maximum Gasteiger partial charge on any atom is 0.251 e. The summed E-state index contributed by atoms with van der Waals surface area (Å²) in [4.78, 5) is 18.9. The first-order valence-corrected chi connectivity index (χ1v) is 8.77. The van der Waals surface area contributed by atoms with Crippen molar-refractivity contribution in [2.75, 3.05) is 0 Å². The molecule has 114 valence electrons. The minimum Gasteiger partial charge on any atom is -0.301 e. The molecule has 0 aliphatic carbocycles. The van der Waals surface area contributed by atoms with Crippen LogP contribution in [0.3, 0.4) is 0 Å². The summed E-state index contributed by atoms with van der Waals surface area (Å²) in [6, 6.07) is 1.57. The third-order valence-electron chi connectivity index (χ3n) is 3.08. The van der Waals surface area contributed by atoms with Gasteiger partial charge in [0, 0.05) is 24.1 Å². The van der Waals surface area contributed by atoms with E-state index in [1.165, 1.54) is 11.8 Å². The Morgan fingerprint density at radius 1 is 1.43 bits per heavy atom. The lowest BCUT2D eigenvalue weighted by Crippen LogP contribution is -2.10. The number of aromatic nitrogens is 4. The number of aromatic amines is 1. The van der Waals surface area contributed by atoms with E-state index in [1.54, 1.807) is 6.07 Å². The van der Waals surface area contributed by atoms with E-state index in [9.17, 15) is 4.79 Å². The number of halogens is 1. The van der Waals surface area contributed by atoms with Crippen LogP contribution in [-0.2, 0) is 18.7 Å². The Morgan fingerprint density at radius 2 is 2.19 bits per heavy atom. The average Bonchev–Trinajstić information content (AvgIpc) is 2.72. The van der Waals surface area contributed by atoms with Crippen LogP contribution in [0.5, 0.6) is 0 Å². The number of H-pyrrole nitrogens is 1. The van der Waals surface area contributed by atoms with Gasteiger partial charge in [-0.15, -0.1) is 0 Å². The number of thioether (sulfide) groups is 1. The standard InChI is InChI=1S/C14H19BrN4OS/c1-4-6-10-7-12(20)17-14(16-10)21-8-11-13(15)9(3)18-19(11)5-2/h7H,4-6,8H2,1-3H3,(H,16,17,20). The molecule has 7 heteroatoms. The fourth-order valence-electron chi connectivity index (χ4n) is 2.08. The van der Waals surface area contributed by atoms with E-state index in [4.69, 9.17) is 0 Å². The second-order valence-electron chi connectivity index (χ2n) is 4.74. The molecule has 0 aliphatic rings. The van der Waals surface area contributed by atoms with Gasteiger partial charge in [-0.2, -0.15) is 5.10 Å². The number of hydrogen-bond acceptors (Lipinski definition) is 4. The summed E-state index contributed by atoms with van der Waals surface area (Å²) >= 11 is 5.11. The van der Waals surface area contributed by atoms with Gasteiger partial charge in [-0.25, -0.2) is 4.98 Å². The zero-order valence-electron chi connectivity index (χ0n) is 12.4. The minimum atomic E-state index is -0.0878. The van der Waals surface area contributed by atoms with Gasteiger partial charge in [0.25, 0.3) is 5.56 Å². The lowest BCUT2D eigenvalue weighted by Gasteiger charge is -2.06. The summed E-state index contributed by atoms with van der Waals surface area (Å²) in [5, 5.41) is 5.14. The summed E-state index contributed by atoms with van der Waals surface area (Å²) in [6.45, 7) is 6.94. The molecule has 0 spiro atoms. The van der Waals surface area contributed by atoms with Crippen LogP contribution in [0.1, 0.15) is 37.4 Å². The smallest absolute Gasteiger partial charge is 0.251 e. The molecular weight excluding hydrogens is 352 g/mol. The Kier molecular flexibility index (Phi) is 5.64. The topological polar surface area (TPSA) is 63.6 Å². The summed E-state index contributed by atoms with van der Waals surface area (Å²) in [5.41, 5.74) is 2.86. The third kappa shape index (κ3) is 3.97. The van der Waals surface area contributed by atoms with Gasteiger partial charge in [0.2, 0.25) is 0 Å². The summed E-state index contributed by atoms with van der Waals surface area (Å²) in [7, 11) is 0. The first-order chi connectivity index (χ1) is 10.0. The normalized spacial score (nSPS) is 11.0. The van der Waals surface area contributed by atoms with Gasteiger partial charge in [0.1, 0.15) is 0 Å². The zero-order chi connectivity index (χ0) is 15.4. The van der Waals surface area contributed by atoms with Gasteiger partial charge in [-0.3, -0.25) is 9.48 Å². The van der Waals surface area contributed by atoms with Crippen molar-refractivity contribution in [3.63, 3.8) is 0 Å². The highest BCUT2D eigenvalue weighted by atomic mass is 79.9. The second-order valence-corrected chi connectivity index (χ2v) is 6.50. The second kappa shape index (κ2) is 7.26. The molecule has 21 heavy (non-hydrogen) atoms. The predicted octanol–water partition coefficient (Wildman–Crippen LogP) is 3.30. The summed E-state index contributed by atoms with van der Waals surface area (Å²) in [5.74, 6) is 0.716. The van der Waals surface area contributed by atoms with Crippen molar-refractivity contribution in [1.29, 1.82) is 0 Å². The first-order valence-electron chi connectivity index (χ1n) is 7.00. The first kappa shape index (κ1) is 16.3. The third-order valence-corrected chi connectivity index (χ3v) is 4.99. The molecule has 0 fully saturated rings. The van der Waals surface area contributed by atoms with Crippen LogP contribution in [0.25, 0.3) is 0 Å². The highest BCUT2D eigenvalue weighted by Crippen LogP contribution is 2.27. The molecule has 2 heterocycles. The van der Waals surface area contributed by atoms with Crippen molar-refractivity contribution in [3.8, 4) is 0 Å². The van der Waals surface area contributed by atoms with E-state index in [1.807, 2.05) is 11.6 Å². The lowest BCUT2D eigenvalue weighted by atomic mass is 10.2. The number of aryl methyl sites for hydroxylation is 3. The van der Waals surface area contributed by atoms with E-state index in [0.29, 0.717) is 10.9 Å². The Hall–Kier alpha value is -1.08. The SMILES string of the molecule is CCCc1cc(=O)[nH]c(SCc2c(Br)c(C)nn2CC)n1. The Bertz CT molecular complexity index is 680. The molecule has 2 aromatic heterocycles. The molecular formula is C14H19BrN4OS. The fourth-order valence-corrected chi connectivity index (χ4v) is 3.61. The number of rotatable bonds is 6. The van der Waals surface area contributed by atoms with Crippen LogP contribution in [0.15, 0.2) is 20.5 Å². The average molecular weight is 371 g/mol. The molecule has 0 saturated heterocycles. The monoisotopic (exact) mass is 370 g/mol. The van der Waals surface area contributed by atoms with E-state index < -0.39 is 0 Å². The van der Waals surface area contributed by atoms with E-state index in [2.05, 4.69) is 44.8 Å². The maximum atomic E-state index is 11.7. The minimum absolute atomic E-state index is 0.0878. The van der Waals surface area contributed by atoms with E-state index >= 15 is 0 Å². The van der Waals surface area contributed by atoms with Crippen molar-refractivity contribution in [3.05, 3.63) is 38.0 Å². The largest absolute Gasteiger partial charge is 0.301 e. The van der Waals surface area contributed by atoms with Gasteiger partial charge in [0.15, 0.2) is 5.16 Å². The Balaban J connectivity index is 2.18. The molecule has 5 nitrogen and oxygen atoms in total. The van der Waals surface area contributed by atoms with Gasteiger partial charge < -0.3 is 4.98 Å². The molecule has 2 aromatic rings. The molecule has 0 atom stereocenters. The van der Waals surface area contributed by atoms with Crippen LogP contribution < -0.4 is 5.56 Å². The van der Waals surface area contributed by atoms with E-state index in [0.717, 1.165) is 40.9 Å². The highest BCUT2D eigenvalue weighted by Gasteiger charge is 2.13. The lowest BCUT2D eigenvalue weighted by molar-refractivity contribution is 0.631. The predicted molar refractivity (Wildman–Crippen MR) is 88.8 cm³/mol. The molecule has 0 bridgehead atoms. The van der Waals surface area contributed by atoms with Crippen LogP contribution in [-0.4, -0.2) is 19.7 Å². The van der Waals surface area contributed by atoms with Crippen molar-refractivity contribution in [1.82, 2.24) is 19.7 Å². The number of nitrogens with zero attached hydrogens (tertiary/aromatic N) is 3. The quantitative estimate of drug-likeness (QED) is 0.625. The van der Waals surface area contributed by atoms with Gasteiger partial charge in [0.05, 0.1) is 15.9 Å². The highest BCUT2D eigenvalue weighted by molar-refractivity contribution is 9.10. The van der Waals surface area contributed by atoms with Gasteiger partial charge in [-0.1, -0.05) is 25.1 Å². The Morgan fingerprint density at radius 3 is 2.86 bits per heavy atom. The zero-order valence-corrected chi connectivity index (χ0v) is 14.8.